The Morgan fingerprint density at radius 3 is 1.88 bits per heavy atom. The second kappa shape index (κ2) is 6.52. The van der Waals surface area contributed by atoms with Gasteiger partial charge in [-0.05, 0) is 30.4 Å². The Hall–Kier alpha value is -1.04. The third kappa shape index (κ3) is 3.84. The normalized spacial score (nSPS) is 8.50. The van der Waals surface area contributed by atoms with Crippen molar-refractivity contribution in [2.45, 2.75) is 0 Å². The molecule has 0 spiro atoms. The van der Waals surface area contributed by atoms with Gasteiger partial charge >= 0.3 is 41.5 Å². The molecule has 16 heavy (non-hydrogen) atoms. The van der Waals surface area contributed by atoms with E-state index in [4.69, 9.17) is 10.2 Å². The summed E-state index contributed by atoms with van der Waals surface area (Å²) >= 11 is 4.34. The number of carboxylic acid groups (broad SMARTS) is 2. The molecular formula is C9H5NNaO4S+. The van der Waals surface area contributed by atoms with Crippen molar-refractivity contribution in [3.8, 4) is 0 Å². The van der Waals surface area contributed by atoms with E-state index >= 15 is 0 Å². The number of aromatic carboxylic acids is 2. The van der Waals surface area contributed by atoms with Gasteiger partial charge in [0.2, 0.25) is 0 Å². The van der Waals surface area contributed by atoms with Gasteiger partial charge < -0.3 is 10.2 Å². The molecule has 1 rings (SSSR count). The molecule has 0 radical (unpaired) electrons. The van der Waals surface area contributed by atoms with E-state index in [2.05, 4.69) is 17.2 Å². The largest absolute Gasteiger partial charge is 1.00 e. The quantitative estimate of drug-likeness (QED) is 0.398. The van der Waals surface area contributed by atoms with Gasteiger partial charge in [0, 0.05) is 0 Å². The van der Waals surface area contributed by atoms with E-state index in [0.717, 1.165) is 6.07 Å². The van der Waals surface area contributed by atoms with Crippen LogP contribution in [0.15, 0.2) is 23.2 Å². The van der Waals surface area contributed by atoms with Crippen molar-refractivity contribution < 1.29 is 49.4 Å². The van der Waals surface area contributed by atoms with Crippen LogP contribution in [0.2, 0.25) is 0 Å². The average molecular weight is 246 g/mol. The maximum atomic E-state index is 10.7. The average Bonchev–Trinajstić information content (AvgIpc) is 2.17. The molecule has 0 saturated heterocycles. The summed E-state index contributed by atoms with van der Waals surface area (Å²) in [6.07, 6.45) is 0. The predicted octanol–water partition coefficient (Wildman–Crippen LogP) is -1.18. The molecule has 0 saturated carbocycles. The Morgan fingerprint density at radius 2 is 1.56 bits per heavy atom. The smallest absolute Gasteiger partial charge is 0.478 e. The minimum atomic E-state index is -1.22. The first kappa shape index (κ1) is 15.0. The first-order chi connectivity index (χ1) is 7.04. The summed E-state index contributed by atoms with van der Waals surface area (Å²) in [4.78, 5) is 24.8. The molecule has 0 amide bonds. The van der Waals surface area contributed by atoms with Crippen LogP contribution < -0.4 is 29.6 Å². The molecule has 0 aliphatic heterocycles. The van der Waals surface area contributed by atoms with Crippen molar-refractivity contribution in [2.24, 2.45) is 4.99 Å². The van der Waals surface area contributed by atoms with Crippen LogP contribution in [0.1, 0.15) is 20.7 Å². The number of nitrogens with zero attached hydrogens (tertiary/aromatic N) is 1. The molecule has 0 fully saturated rings. The standard InChI is InChI=1S/C9H5NO4S.Na/c11-8(12)5-1-6(9(13)14)3-7(2-5)10-4-15;/h1-3H,(H,11,12)(H,13,14);/q;+1. The Kier molecular flexibility index (Phi) is 6.10. The van der Waals surface area contributed by atoms with E-state index < -0.39 is 11.9 Å². The van der Waals surface area contributed by atoms with E-state index in [-0.39, 0.29) is 46.4 Å². The van der Waals surface area contributed by atoms with Gasteiger partial charge in [-0.1, -0.05) is 0 Å². The zero-order chi connectivity index (χ0) is 11.4. The minimum absolute atomic E-state index is 0. The number of rotatable bonds is 3. The van der Waals surface area contributed by atoms with Gasteiger partial charge in [-0.15, -0.1) is 0 Å². The third-order valence-corrected chi connectivity index (χ3v) is 1.68. The number of thiocarbonyl (C=S) groups is 1. The Morgan fingerprint density at radius 1 is 1.12 bits per heavy atom. The van der Waals surface area contributed by atoms with Crippen LogP contribution in [0.3, 0.4) is 0 Å². The number of carbonyl (C=O) groups is 2. The van der Waals surface area contributed by atoms with Gasteiger partial charge in [-0.25, -0.2) is 9.59 Å². The van der Waals surface area contributed by atoms with Crippen LogP contribution in [0, 0.1) is 0 Å². The fourth-order valence-electron chi connectivity index (χ4n) is 0.975. The van der Waals surface area contributed by atoms with Gasteiger partial charge in [0.25, 0.3) is 0 Å². The summed E-state index contributed by atoms with van der Waals surface area (Å²) in [5, 5.41) is 19.4. The maximum Gasteiger partial charge on any atom is 1.00 e. The van der Waals surface area contributed by atoms with E-state index in [0.29, 0.717) is 0 Å². The maximum absolute atomic E-state index is 10.7. The zero-order valence-corrected chi connectivity index (χ0v) is 11.1. The third-order valence-electron chi connectivity index (χ3n) is 1.59. The van der Waals surface area contributed by atoms with Crippen molar-refractivity contribution in [1.29, 1.82) is 0 Å². The van der Waals surface area contributed by atoms with Crippen LogP contribution in [0.4, 0.5) is 5.69 Å². The fourth-order valence-corrected chi connectivity index (χ4v) is 1.08. The Labute approximate surface area is 118 Å². The topological polar surface area (TPSA) is 87.0 Å². The van der Waals surface area contributed by atoms with Gasteiger partial charge in [-0.2, -0.15) is 4.99 Å². The summed E-state index contributed by atoms with van der Waals surface area (Å²) in [6, 6.07) is 3.48. The van der Waals surface area contributed by atoms with E-state index in [1.807, 2.05) is 5.16 Å². The van der Waals surface area contributed by atoms with Crippen molar-refractivity contribution >= 4 is 35.0 Å². The zero-order valence-electron chi connectivity index (χ0n) is 8.30. The number of aliphatic imine (C=N–C) groups is 1. The van der Waals surface area contributed by atoms with Crippen LogP contribution in [0.25, 0.3) is 0 Å². The first-order valence-corrected chi connectivity index (χ1v) is 4.15. The van der Waals surface area contributed by atoms with Crippen molar-refractivity contribution in [3.63, 3.8) is 0 Å². The molecule has 0 aliphatic rings. The summed E-state index contributed by atoms with van der Waals surface area (Å²) in [5.41, 5.74) is -0.153. The van der Waals surface area contributed by atoms with E-state index in [1.54, 1.807) is 0 Å². The summed E-state index contributed by atoms with van der Waals surface area (Å²) in [5.74, 6) is -2.45. The molecule has 1 aromatic carbocycles. The molecule has 2 N–H and O–H groups in total. The monoisotopic (exact) mass is 246 g/mol. The van der Waals surface area contributed by atoms with Crippen LogP contribution in [-0.4, -0.2) is 27.3 Å². The molecule has 76 valence electrons. The number of carboxylic acids is 2. The second-order valence-corrected chi connectivity index (χ2v) is 2.76. The second-order valence-electron chi connectivity index (χ2n) is 2.58. The Balaban J connectivity index is 0.00000225. The predicted molar refractivity (Wildman–Crippen MR) is 55.0 cm³/mol. The molecule has 1 aromatic rings. The number of hydrogen-bond donors (Lipinski definition) is 2. The molecule has 0 aliphatic carbocycles. The van der Waals surface area contributed by atoms with Gasteiger partial charge in [0.05, 0.1) is 22.0 Å². The molecule has 0 atom stereocenters. The number of isothiocyanates is 1. The molecular weight excluding hydrogens is 241 g/mol. The SMILES string of the molecule is O=C(O)c1cc(N=C=S)cc(C(=O)O)c1.[Na+]. The number of hydrogen-bond acceptors (Lipinski definition) is 4. The van der Waals surface area contributed by atoms with Crippen LogP contribution in [0.5, 0.6) is 0 Å². The fraction of sp³-hybridized carbons (Fsp3) is 0. The van der Waals surface area contributed by atoms with Crippen molar-refractivity contribution in [3.05, 3.63) is 29.3 Å². The molecule has 0 bridgehead atoms. The summed E-state index contributed by atoms with van der Waals surface area (Å²) in [7, 11) is 0. The van der Waals surface area contributed by atoms with Gasteiger partial charge in [-0.3, -0.25) is 0 Å². The van der Waals surface area contributed by atoms with E-state index in [1.165, 1.54) is 12.1 Å². The van der Waals surface area contributed by atoms with Gasteiger partial charge in [0.15, 0.2) is 0 Å². The molecule has 5 nitrogen and oxygen atoms in total. The summed E-state index contributed by atoms with van der Waals surface area (Å²) in [6.45, 7) is 0. The molecule has 0 heterocycles. The number of benzene rings is 1. The molecule has 0 aromatic heterocycles. The van der Waals surface area contributed by atoms with Crippen LogP contribution in [-0.2, 0) is 0 Å². The molecule has 0 unspecified atom stereocenters. The summed E-state index contributed by atoms with van der Waals surface area (Å²) < 4.78 is 0. The minimum Gasteiger partial charge on any atom is -0.478 e. The van der Waals surface area contributed by atoms with Crippen molar-refractivity contribution in [2.75, 3.05) is 0 Å². The van der Waals surface area contributed by atoms with Crippen molar-refractivity contribution in [1.82, 2.24) is 0 Å². The van der Waals surface area contributed by atoms with E-state index in [9.17, 15) is 9.59 Å². The first-order valence-electron chi connectivity index (χ1n) is 3.74. The molecule has 7 heteroatoms. The van der Waals surface area contributed by atoms with Crippen LogP contribution >= 0.6 is 12.2 Å². The van der Waals surface area contributed by atoms with Gasteiger partial charge in [0.1, 0.15) is 0 Å². The Bertz CT molecular complexity index is 420.